The number of rotatable bonds is 6. The Hall–Kier alpha value is -6.26. The fourth-order valence-electron chi connectivity index (χ4n) is 6.41. The van der Waals surface area contributed by atoms with Crippen molar-refractivity contribution in [1.82, 2.24) is 14.5 Å². The van der Waals surface area contributed by atoms with Crippen LogP contribution in [0.1, 0.15) is 26.3 Å². The van der Waals surface area contributed by atoms with Gasteiger partial charge in [0.15, 0.2) is 0 Å². The molecule has 6 aromatic carbocycles. The number of aryl methyl sites for hydroxylation is 2. The van der Waals surface area contributed by atoms with Gasteiger partial charge in [-0.1, -0.05) is 96.5 Å². The first-order chi connectivity index (χ1) is 26.8. The van der Waals surface area contributed by atoms with Gasteiger partial charge in [0.2, 0.25) is 0 Å². The highest BCUT2D eigenvalue weighted by molar-refractivity contribution is 5.97. The van der Waals surface area contributed by atoms with Crippen molar-refractivity contribution in [1.29, 1.82) is 0 Å². The van der Waals surface area contributed by atoms with Gasteiger partial charge in [-0.05, 0) is 114 Å². The van der Waals surface area contributed by atoms with Gasteiger partial charge in [0.05, 0.1) is 27.8 Å². The third-order valence-corrected chi connectivity index (χ3v) is 8.71. The minimum atomic E-state index is -2.81. The van der Waals surface area contributed by atoms with Crippen LogP contribution in [0.15, 0.2) is 152 Å². The number of phenols is 1. The molecule has 2 heterocycles. The highest BCUT2D eigenvalue weighted by Crippen LogP contribution is 2.40. The van der Waals surface area contributed by atoms with Crippen LogP contribution in [0, 0.1) is 20.7 Å². The van der Waals surface area contributed by atoms with Crippen LogP contribution in [-0.2, 0) is 0 Å². The van der Waals surface area contributed by atoms with Crippen molar-refractivity contribution in [3.05, 3.63) is 168 Å². The molecule has 0 aliphatic carbocycles. The third-order valence-electron chi connectivity index (χ3n) is 8.71. The maximum absolute atomic E-state index is 11.4. The first-order valence-electron chi connectivity index (χ1n) is 19.5. The van der Waals surface area contributed by atoms with Gasteiger partial charge >= 0.3 is 0 Å². The zero-order valence-electron chi connectivity index (χ0n) is 33.9. The van der Waals surface area contributed by atoms with Crippen molar-refractivity contribution < 1.29 is 14.7 Å². The maximum atomic E-state index is 11.4. The van der Waals surface area contributed by atoms with Crippen LogP contribution in [0.2, 0.25) is 0 Å². The fourth-order valence-corrected chi connectivity index (χ4v) is 6.41. The number of pyridine rings is 1. The summed E-state index contributed by atoms with van der Waals surface area (Å²) in [7, 11) is 0. The Morgan fingerprint density at radius 1 is 0.612 bits per heavy atom. The Bertz CT molecular complexity index is 2790. The van der Waals surface area contributed by atoms with E-state index >= 15 is 0 Å². The molecule has 4 heteroatoms. The Balaban J connectivity index is 1.36. The molecule has 0 atom stereocenters. The molecule has 4 nitrogen and oxygen atoms in total. The van der Waals surface area contributed by atoms with E-state index in [1.807, 2.05) is 117 Å². The van der Waals surface area contributed by atoms with E-state index in [9.17, 15) is 5.11 Å². The van der Waals surface area contributed by atoms with Crippen LogP contribution >= 0.6 is 0 Å². The number of para-hydroxylation sites is 2. The van der Waals surface area contributed by atoms with Crippen LogP contribution in [-0.4, -0.2) is 19.6 Å². The van der Waals surface area contributed by atoms with E-state index in [4.69, 9.17) is 19.6 Å². The first kappa shape index (κ1) is 23.1. The normalized spacial score (nSPS) is 13.6. The molecule has 8 aromatic rings. The average molecular weight is 641 g/mol. The second-order valence-corrected chi connectivity index (χ2v) is 12.1. The van der Waals surface area contributed by atoms with Crippen molar-refractivity contribution in [2.75, 3.05) is 0 Å². The molecule has 236 valence electrons. The molecule has 0 spiro atoms. The molecule has 0 unspecified atom stereocenters. The molecule has 0 aliphatic rings. The number of fused-ring (bicyclic) bond motifs is 1. The zero-order chi connectivity index (χ0) is 39.5. The molecule has 0 fully saturated rings. The smallest absolute Gasteiger partial charge is 0.149 e. The quantitative estimate of drug-likeness (QED) is 0.197. The summed E-state index contributed by atoms with van der Waals surface area (Å²) in [6.45, 7) is 1.07. The summed E-state index contributed by atoms with van der Waals surface area (Å²) in [6, 6.07) is 37.2. The molecule has 0 bridgehead atoms. The molecule has 8 rings (SSSR count). The van der Waals surface area contributed by atoms with Gasteiger partial charge in [0.25, 0.3) is 0 Å². The summed E-state index contributed by atoms with van der Waals surface area (Å²) in [6.07, 6.45) is 1.55. The summed E-state index contributed by atoms with van der Waals surface area (Å²) in [4.78, 5) is 9.97. The number of aromatic hydroxyl groups is 1. The van der Waals surface area contributed by atoms with Gasteiger partial charge < -0.3 is 5.11 Å². The molecule has 49 heavy (non-hydrogen) atoms. The van der Waals surface area contributed by atoms with Crippen molar-refractivity contribution in [3.8, 4) is 67.5 Å². The van der Waals surface area contributed by atoms with E-state index in [-0.39, 0.29) is 11.3 Å². The van der Waals surface area contributed by atoms with Crippen molar-refractivity contribution in [3.63, 3.8) is 0 Å². The maximum Gasteiger partial charge on any atom is 0.149 e. The SMILES string of the molecule is [2H]c1c([2H])c(C([2H])([2H])[2H])c([2H])c([2H])c1-c1ccnc(-c2cc(-c3ccccc3)cc(-c3cccc4c3nc(-c3cc(C)cc(C)c3O)n4-c3ccccc3)c2)c1. The van der Waals surface area contributed by atoms with E-state index < -0.39 is 36.6 Å². The van der Waals surface area contributed by atoms with Gasteiger partial charge in [-0.25, -0.2) is 4.98 Å². The minimum absolute atomic E-state index is 0.00512. The Morgan fingerprint density at radius 2 is 1.35 bits per heavy atom. The van der Waals surface area contributed by atoms with Gasteiger partial charge in [-0.2, -0.15) is 0 Å². The predicted molar refractivity (Wildman–Crippen MR) is 202 cm³/mol. The van der Waals surface area contributed by atoms with E-state index in [0.717, 1.165) is 55.7 Å². The third kappa shape index (κ3) is 5.68. The van der Waals surface area contributed by atoms with Gasteiger partial charge in [0, 0.05) is 27.1 Å². The Kier molecular flexibility index (Phi) is 5.85. The number of hydrogen-bond acceptors (Lipinski definition) is 3. The Morgan fingerprint density at radius 3 is 2.12 bits per heavy atom. The second-order valence-electron chi connectivity index (χ2n) is 12.1. The topological polar surface area (TPSA) is 50.9 Å². The summed E-state index contributed by atoms with van der Waals surface area (Å²) >= 11 is 0. The molecular formula is C45H35N3O. The van der Waals surface area contributed by atoms with Crippen molar-refractivity contribution >= 4 is 11.0 Å². The van der Waals surface area contributed by atoms with Crippen LogP contribution < -0.4 is 0 Å². The average Bonchev–Trinajstić information content (AvgIpc) is 3.58. The van der Waals surface area contributed by atoms with E-state index in [2.05, 4.69) is 10.6 Å². The zero-order valence-corrected chi connectivity index (χ0v) is 26.9. The first-order valence-corrected chi connectivity index (χ1v) is 16.0. The number of hydrogen-bond donors (Lipinski definition) is 1. The lowest BCUT2D eigenvalue weighted by Gasteiger charge is -2.13. The lowest BCUT2D eigenvalue weighted by Crippen LogP contribution is -1.98. The van der Waals surface area contributed by atoms with Crippen LogP contribution in [0.5, 0.6) is 5.75 Å². The molecule has 0 saturated carbocycles. The Labute approximate surface area is 296 Å². The van der Waals surface area contributed by atoms with E-state index in [1.165, 1.54) is 0 Å². The number of imidazole rings is 1. The molecule has 0 saturated heterocycles. The summed E-state index contributed by atoms with van der Waals surface area (Å²) in [5, 5.41) is 11.4. The standard InChI is InChI=1S/C45H35N3O/c1-29-17-19-33(20-18-29)34-21-22-46-41(28-34)37-26-35(32-11-6-4-7-12-32)25-36(27-37)39-15-10-16-42-43(39)47-45(48(42)38-13-8-5-9-14-38)40-24-30(2)23-31(3)44(40)49/h4-28,49H,1-3H3/i1D3,17D,18D,19D,20D. The van der Waals surface area contributed by atoms with E-state index in [1.54, 1.807) is 18.3 Å². The predicted octanol–water partition coefficient (Wildman–Crippen LogP) is 11.4. The highest BCUT2D eigenvalue weighted by atomic mass is 16.3. The summed E-state index contributed by atoms with van der Waals surface area (Å²) in [5.74, 6) is 0.764. The minimum Gasteiger partial charge on any atom is -0.507 e. The van der Waals surface area contributed by atoms with Crippen molar-refractivity contribution in [2.24, 2.45) is 0 Å². The molecule has 0 amide bonds. The fraction of sp³-hybridized carbons (Fsp3) is 0.0667. The monoisotopic (exact) mass is 640 g/mol. The van der Waals surface area contributed by atoms with Crippen molar-refractivity contribution in [2.45, 2.75) is 20.7 Å². The number of benzene rings is 6. The van der Waals surface area contributed by atoms with Crippen LogP contribution in [0.4, 0.5) is 0 Å². The molecular weight excluding hydrogens is 599 g/mol. The van der Waals surface area contributed by atoms with E-state index in [0.29, 0.717) is 22.6 Å². The number of nitrogens with zero attached hydrogens (tertiary/aromatic N) is 3. The largest absolute Gasteiger partial charge is 0.507 e. The van der Waals surface area contributed by atoms with Crippen LogP contribution in [0.25, 0.3) is 72.7 Å². The number of phenolic OH excluding ortho intramolecular Hbond substituents is 1. The molecule has 0 radical (unpaired) electrons. The molecule has 2 aromatic heterocycles. The van der Waals surface area contributed by atoms with Gasteiger partial charge in [-0.3, -0.25) is 9.55 Å². The summed E-state index contributed by atoms with van der Waals surface area (Å²) in [5.41, 5.74) is 9.40. The molecule has 1 N–H and O–H groups in total. The van der Waals surface area contributed by atoms with Gasteiger partial charge in [0.1, 0.15) is 11.6 Å². The molecule has 0 aliphatic heterocycles. The second kappa shape index (κ2) is 12.4. The summed E-state index contributed by atoms with van der Waals surface area (Å²) < 4.78 is 60.0. The lowest BCUT2D eigenvalue weighted by atomic mass is 9.93. The van der Waals surface area contributed by atoms with Gasteiger partial charge in [-0.15, -0.1) is 0 Å². The van der Waals surface area contributed by atoms with Crippen LogP contribution in [0.3, 0.4) is 0 Å². The highest BCUT2D eigenvalue weighted by Gasteiger charge is 2.21. The lowest BCUT2D eigenvalue weighted by molar-refractivity contribution is 0.472. The number of aromatic nitrogens is 3.